The molecule has 5 heteroatoms. The molecule has 5 nitrogen and oxygen atoms in total. The highest BCUT2D eigenvalue weighted by atomic mass is 16.4. The molecule has 0 aliphatic rings. The number of hydrogen-bond acceptors (Lipinski definition) is 4. The predicted molar refractivity (Wildman–Crippen MR) is 67.4 cm³/mol. The number of nitrogens with zero attached hydrogens (tertiary/aromatic N) is 1. The van der Waals surface area contributed by atoms with Crippen LogP contribution in [0.1, 0.15) is 23.7 Å². The molecule has 0 heterocycles. The number of carbonyl (C=O) groups is 1. The Labute approximate surface area is 100 Å². The summed E-state index contributed by atoms with van der Waals surface area (Å²) in [5, 5.41) is 17.9. The van der Waals surface area contributed by atoms with E-state index in [1.807, 2.05) is 11.8 Å². The van der Waals surface area contributed by atoms with Crippen molar-refractivity contribution >= 4 is 17.3 Å². The van der Waals surface area contributed by atoms with Gasteiger partial charge in [-0.15, -0.1) is 0 Å². The standard InChI is InChI=1S/C12H18N2O3/c1-2-14(6-3-7-15)11-5-4-9(13)8-10(11)12(16)17/h4-5,8,15H,2-3,6-7,13H2,1H3,(H,16,17). The Bertz CT molecular complexity index is 393. The third-order valence-electron chi connectivity index (χ3n) is 2.56. The number of anilines is 2. The summed E-state index contributed by atoms with van der Waals surface area (Å²) in [7, 11) is 0. The van der Waals surface area contributed by atoms with Gasteiger partial charge >= 0.3 is 5.97 Å². The molecule has 0 saturated heterocycles. The molecule has 17 heavy (non-hydrogen) atoms. The largest absolute Gasteiger partial charge is 0.478 e. The molecule has 1 aromatic carbocycles. The maximum atomic E-state index is 11.1. The van der Waals surface area contributed by atoms with Crippen LogP contribution in [0, 0.1) is 0 Å². The number of carboxylic acids is 1. The van der Waals surface area contributed by atoms with Gasteiger partial charge in [-0.25, -0.2) is 4.79 Å². The van der Waals surface area contributed by atoms with Crippen LogP contribution < -0.4 is 10.6 Å². The lowest BCUT2D eigenvalue weighted by Crippen LogP contribution is -2.26. The molecule has 4 N–H and O–H groups in total. The minimum absolute atomic E-state index is 0.0911. The van der Waals surface area contributed by atoms with E-state index in [0.717, 1.165) is 0 Å². The molecular weight excluding hydrogens is 220 g/mol. The molecule has 0 atom stereocenters. The summed E-state index contributed by atoms with van der Waals surface area (Å²) < 4.78 is 0. The van der Waals surface area contributed by atoms with Gasteiger partial charge in [-0.1, -0.05) is 0 Å². The van der Waals surface area contributed by atoms with Crippen molar-refractivity contribution in [2.75, 3.05) is 30.3 Å². The topological polar surface area (TPSA) is 86.8 Å². The first-order valence-corrected chi connectivity index (χ1v) is 5.58. The molecule has 0 bridgehead atoms. The summed E-state index contributed by atoms with van der Waals surface area (Å²) in [4.78, 5) is 13.1. The monoisotopic (exact) mass is 238 g/mol. The van der Waals surface area contributed by atoms with E-state index < -0.39 is 5.97 Å². The first kappa shape index (κ1) is 13.3. The lowest BCUT2D eigenvalue weighted by molar-refractivity contribution is 0.0697. The average Bonchev–Trinajstić information content (AvgIpc) is 2.31. The smallest absolute Gasteiger partial charge is 0.337 e. The van der Waals surface area contributed by atoms with Crippen molar-refractivity contribution in [1.82, 2.24) is 0 Å². The van der Waals surface area contributed by atoms with Crippen molar-refractivity contribution in [3.8, 4) is 0 Å². The second kappa shape index (κ2) is 6.10. The third kappa shape index (κ3) is 3.35. The maximum absolute atomic E-state index is 11.1. The number of hydrogen-bond donors (Lipinski definition) is 3. The van der Waals surface area contributed by atoms with Crippen molar-refractivity contribution in [1.29, 1.82) is 0 Å². The van der Waals surface area contributed by atoms with Crippen LogP contribution in [-0.2, 0) is 0 Å². The Kier molecular flexibility index (Phi) is 4.78. The van der Waals surface area contributed by atoms with Crippen molar-refractivity contribution in [2.45, 2.75) is 13.3 Å². The minimum atomic E-state index is -0.991. The molecule has 1 aromatic rings. The van der Waals surface area contributed by atoms with Crippen molar-refractivity contribution in [2.24, 2.45) is 0 Å². The molecule has 0 amide bonds. The number of nitrogens with two attached hydrogens (primary N) is 1. The Morgan fingerprint density at radius 1 is 1.47 bits per heavy atom. The zero-order valence-corrected chi connectivity index (χ0v) is 9.89. The van der Waals surface area contributed by atoms with Crippen LogP contribution >= 0.6 is 0 Å². The Balaban J connectivity index is 3.05. The Hall–Kier alpha value is -1.75. The first-order valence-electron chi connectivity index (χ1n) is 5.58. The summed E-state index contributed by atoms with van der Waals surface area (Å²) in [5.41, 5.74) is 6.86. The molecule has 94 valence electrons. The summed E-state index contributed by atoms with van der Waals surface area (Å²) in [5.74, 6) is -0.991. The van der Waals surface area contributed by atoms with Gasteiger partial charge in [0.25, 0.3) is 0 Å². The average molecular weight is 238 g/mol. The van der Waals surface area contributed by atoms with E-state index in [4.69, 9.17) is 15.9 Å². The van der Waals surface area contributed by atoms with Gasteiger partial charge in [0.1, 0.15) is 0 Å². The van der Waals surface area contributed by atoms with Crippen molar-refractivity contribution in [3.63, 3.8) is 0 Å². The van der Waals surface area contributed by atoms with Crippen LogP contribution in [0.15, 0.2) is 18.2 Å². The highest BCUT2D eigenvalue weighted by molar-refractivity contribution is 5.95. The van der Waals surface area contributed by atoms with Crippen molar-refractivity contribution < 1.29 is 15.0 Å². The second-order valence-electron chi connectivity index (χ2n) is 3.74. The number of rotatable bonds is 6. The van der Waals surface area contributed by atoms with E-state index in [0.29, 0.717) is 30.9 Å². The zero-order chi connectivity index (χ0) is 12.8. The van der Waals surface area contributed by atoms with Crippen LogP contribution in [0.4, 0.5) is 11.4 Å². The Morgan fingerprint density at radius 2 is 2.18 bits per heavy atom. The van der Waals surface area contributed by atoms with E-state index >= 15 is 0 Å². The SMILES string of the molecule is CCN(CCCO)c1ccc(N)cc1C(=O)O. The number of carboxylic acid groups (broad SMARTS) is 1. The molecule has 0 aliphatic carbocycles. The highest BCUT2D eigenvalue weighted by Crippen LogP contribution is 2.23. The van der Waals surface area contributed by atoms with Gasteiger partial charge < -0.3 is 20.8 Å². The maximum Gasteiger partial charge on any atom is 0.337 e. The van der Waals surface area contributed by atoms with E-state index in [1.54, 1.807) is 12.1 Å². The second-order valence-corrected chi connectivity index (χ2v) is 3.74. The summed E-state index contributed by atoms with van der Waals surface area (Å²) in [6, 6.07) is 4.85. The molecule has 0 fully saturated rings. The summed E-state index contributed by atoms with van der Waals surface area (Å²) in [6.07, 6.45) is 0.608. The Morgan fingerprint density at radius 3 is 2.71 bits per heavy atom. The fourth-order valence-corrected chi connectivity index (χ4v) is 1.71. The van der Waals surface area contributed by atoms with Gasteiger partial charge in [0.15, 0.2) is 0 Å². The lowest BCUT2D eigenvalue weighted by atomic mass is 10.1. The van der Waals surface area contributed by atoms with Gasteiger partial charge in [0.2, 0.25) is 0 Å². The molecule has 1 rings (SSSR count). The molecule has 0 saturated carbocycles. The molecule has 0 aliphatic heterocycles. The van der Waals surface area contributed by atoms with Crippen LogP contribution in [0.25, 0.3) is 0 Å². The normalized spacial score (nSPS) is 10.2. The zero-order valence-electron chi connectivity index (χ0n) is 9.89. The minimum Gasteiger partial charge on any atom is -0.478 e. The van der Waals surface area contributed by atoms with Gasteiger partial charge in [-0.2, -0.15) is 0 Å². The van der Waals surface area contributed by atoms with Gasteiger partial charge in [0.05, 0.1) is 11.3 Å². The number of aromatic carboxylic acids is 1. The van der Waals surface area contributed by atoms with Crippen LogP contribution in [-0.4, -0.2) is 35.9 Å². The van der Waals surface area contributed by atoms with Crippen LogP contribution in [0.5, 0.6) is 0 Å². The lowest BCUT2D eigenvalue weighted by Gasteiger charge is -2.24. The number of aliphatic hydroxyl groups excluding tert-OH is 1. The first-order chi connectivity index (χ1) is 8.10. The van der Waals surface area contributed by atoms with E-state index in [2.05, 4.69) is 0 Å². The predicted octanol–water partition coefficient (Wildman–Crippen LogP) is 1.18. The highest BCUT2D eigenvalue weighted by Gasteiger charge is 2.14. The van der Waals surface area contributed by atoms with Crippen LogP contribution in [0.2, 0.25) is 0 Å². The van der Waals surface area contributed by atoms with Crippen molar-refractivity contribution in [3.05, 3.63) is 23.8 Å². The van der Waals surface area contributed by atoms with Gasteiger partial charge in [0, 0.05) is 25.4 Å². The third-order valence-corrected chi connectivity index (χ3v) is 2.56. The summed E-state index contributed by atoms with van der Waals surface area (Å²) in [6.45, 7) is 3.34. The molecule has 0 radical (unpaired) electrons. The van der Waals surface area contributed by atoms with Gasteiger partial charge in [-0.3, -0.25) is 0 Å². The van der Waals surface area contributed by atoms with E-state index in [9.17, 15) is 4.79 Å². The molecule has 0 aromatic heterocycles. The number of benzene rings is 1. The van der Waals surface area contributed by atoms with E-state index in [-0.39, 0.29) is 12.2 Å². The van der Waals surface area contributed by atoms with Crippen LogP contribution in [0.3, 0.4) is 0 Å². The molecular formula is C12H18N2O3. The summed E-state index contributed by atoms with van der Waals surface area (Å²) >= 11 is 0. The quantitative estimate of drug-likeness (QED) is 0.648. The number of nitrogen functional groups attached to an aromatic ring is 1. The molecule has 0 spiro atoms. The molecule has 0 unspecified atom stereocenters. The number of aliphatic hydroxyl groups is 1. The van der Waals surface area contributed by atoms with Gasteiger partial charge in [-0.05, 0) is 31.5 Å². The van der Waals surface area contributed by atoms with E-state index in [1.165, 1.54) is 6.07 Å². The fourth-order valence-electron chi connectivity index (χ4n) is 1.71. The fraction of sp³-hybridized carbons (Fsp3) is 0.417.